The summed E-state index contributed by atoms with van der Waals surface area (Å²) in [6.07, 6.45) is 3.90. The van der Waals surface area contributed by atoms with E-state index in [0.717, 1.165) is 18.0 Å². The highest BCUT2D eigenvalue weighted by Crippen LogP contribution is 2.32. The van der Waals surface area contributed by atoms with Crippen LogP contribution < -0.4 is 14.8 Å². The molecule has 0 amide bonds. The molecule has 0 aliphatic heterocycles. The van der Waals surface area contributed by atoms with Gasteiger partial charge in [0.25, 0.3) is 0 Å². The SMILES string of the molecule is COc1ccc(CNC2(C)CCC2)cc1OC. The number of hydrogen-bond donors (Lipinski definition) is 1. The minimum Gasteiger partial charge on any atom is -0.493 e. The monoisotopic (exact) mass is 235 g/mol. The van der Waals surface area contributed by atoms with Crippen LogP contribution in [0.2, 0.25) is 0 Å². The molecule has 94 valence electrons. The first kappa shape index (κ1) is 12.2. The number of methoxy groups -OCH3 is 2. The first-order valence-corrected chi connectivity index (χ1v) is 6.13. The summed E-state index contributed by atoms with van der Waals surface area (Å²) in [5.41, 5.74) is 1.57. The van der Waals surface area contributed by atoms with Crippen LogP contribution in [0.15, 0.2) is 18.2 Å². The standard InChI is InChI=1S/C14H21NO2/c1-14(7-4-8-14)15-10-11-5-6-12(16-2)13(9-11)17-3/h5-6,9,15H,4,7-8,10H2,1-3H3. The van der Waals surface area contributed by atoms with Crippen molar-refractivity contribution in [2.75, 3.05) is 14.2 Å². The number of ether oxygens (including phenoxy) is 2. The quantitative estimate of drug-likeness (QED) is 0.851. The highest BCUT2D eigenvalue weighted by molar-refractivity contribution is 5.42. The Balaban J connectivity index is 2.01. The largest absolute Gasteiger partial charge is 0.493 e. The smallest absolute Gasteiger partial charge is 0.161 e. The number of hydrogen-bond acceptors (Lipinski definition) is 3. The molecular formula is C14H21NO2. The third-order valence-electron chi connectivity index (χ3n) is 3.62. The van der Waals surface area contributed by atoms with Gasteiger partial charge in [-0.1, -0.05) is 6.07 Å². The van der Waals surface area contributed by atoms with Crippen LogP contribution in [0.4, 0.5) is 0 Å². The van der Waals surface area contributed by atoms with Gasteiger partial charge in [-0.3, -0.25) is 0 Å². The minimum absolute atomic E-state index is 0.340. The third-order valence-corrected chi connectivity index (χ3v) is 3.62. The first-order chi connectivity index (χ1) is 8.17. The molecule has 0 aromatic heterocycles. The minimum atomic E-state index is 0.340. The van der Waals surface area contributed by atoms with Gasteiger partial charge in [0.05, 0.1) is 14.2 Å². The average molecular weight is 235 g/mol. The fourth-order valence-corrected chi connectivity index (χ4v) is 2.19. The molecule has 0 radical (unpaired) electrons. The zero-order valence-corrected chi connectivity index (χ0v) is 10.9. The molecule has 1 aliphatic rings. The van der Waals surface area contributed by atoms with E-state index in [9.17, 15) is 0 Å². The second-order valence-corrected chi connectivity index (χ2v) is 4.96. The third kappa shape index (κ3) is 2.72. The van der Waals surface area contributed by atoms with Gasteiger partial charge in [0.1, 0.15) is 0 Å². The van der Waals surface area contributed by atoms with E-state index in [1.54, 1.807) is 14.2 Å². The predicted octanol–water partition coefficient (Wildman–Crippen LogP) is 2.74. The van der Waals surface area contributed by atoms with Crippen LogP contribution in [0.1, 0.15) is 31.7 Å². The Hall–Kier alpha value is -1.22. The van der Waals surface area contributed by atoms with E-state index < -0.39 is 0 Å². The topological polar surface area (TPSA) is 30.5 Å². The predicted molar refractivity (Wildman–Crippen MR) is 68.6 cm³/mol. The van der Waals surface area contributed by atoms with Gasteiger partial charge in [0.2, 0.25) is 0 Å². The highest BCUT2D eigenvalue weighted by Gasteiger charge is 2.30. The molecular weight excluding hydrogens is 214 g/mol. The van der Waals surface area contributed by atoms with E-state index in [-0.39, 0.29) is 0 Å². The van der Waals surface area contributed by atoms with Crippen LogP contribution in [-0.2, 0) is 6.54 Å². The Morgan fingerprint density at radius 2 is 1.88 bits per heavy atom. The Morgan fingerprint density at radius 3 is 2.41 bits per heavy atom. The Morgan fingerprint density at radius 1 is 1.18 bits per heavy atom. The van der Waals surface area contributed by atoms with Crippen LogP contribution in [-0.4, -0.2) is 19.8 Å². The fourth-order valence-electron chi connectivity index (χ4n) is 2.19. The highest BCUT2D eigenvalue weighted by atomic mass is 16.5. The van der Waals surface area contributed by atoms with E-state index in [4.69, 9.17) is 9.47 Å². The van der Waals surface area contributed by atoms with Gasteiger partial charge >= 0.3 is 0 Å². The van der Waals surface area contributed by atoms with Gasteiger partial charge in [-0.05, 0) is 43.9 Å². The summed E-state index contributed by atoms with van der Waals surface area (Å²) in [7, 11) is 3.33. The summed E-state index contributed by atoms with van der Waals surface area (Å²) in [5.74, 6) is 1.58. The number of nitrogens with one attached hydrogen (secondary N) is 1. The molecule has 1 fully saturated rings. The molecule has 0 unspecified atom stereocenters. The number of benzene rings is 1. The molecule has 0 heterocycles. The van der Waals surface area contributed by atoms with Crippen molar-refractivity contribution >= 4 is 0 Å². The molecule has 0 saturated heterocycles. The molecule has 17 heavy (non-hydrogen) atoms. The van der Waals surface area contributed by atoms with Gasteiger partial charge in [-0.15, -0.1) is 0 Å². The Kier molecular flexibility index (Phi) is 3.57. The maximum atomic E-state index is 5.30. The molecule has 2 rings (SSSR count). The lowest BCUT2D eigenvalue weighted by Gasteiger charge is -2.39. The molecule has 1 aromatic rings. The van der Waals surface area contributed by atoms with E-state index in [1.807, 2.05) is 12.1 Å². The van der Waals surface area contributed by atoms with Crippen molar-refractivity contribution in [3.8, 4) is 11.5 Å². The van der Waals surface area contributed by atoms with Gasteiger partial charge in [0, 0.05) is 12.1 Å². The molecule has 1 aliphatic carbocycles. The lowest BCUT2D eigenvalue weighted by atomic mass is 9.78. The fraction of sp³-hybridized carbons (Fsp3) is 0.571. The Bertz CT molecular complexity index is 386. The summed E-state index contributed by atoms with van der Waals surface area (Å²) in [5, 5.41) is 3.60. The molecule has 3 nitrogen and oxygen atoms in total. The van der Waals surface area contributed by atoms with Crippen molar-refractivity contribution in [3.05, 3.63) is 23.8 Å². The maximum absolute atomic E-state index is 5.30. The van der Waals surface area contributed by atoms with Gasteiger partial charge in [0.15, 0.2) is 11.5 Å². The molecule has 1 N–H and O–H groups in total. The van der Waals surface area contributed by atoms with E-state index in [0.29, 0.717) is 5.54 Å². The zero-order valence-electron chi connectivity index (χ0n) is 10.9. The molecule has 0 atom stereocenters. The summed E-state index contributed by atoms with van der Waals surface area (Å²) in [6, 6.07) is 6.07. The van der Waals surface area contributed by atoms with Crippen molar-refractivity contribution in [1.29, 1.82) is 0 Å². The zero-order chi connectivity index (χ0) is 12.3. The van der Waals surface area contributed by atoms with Crippen molar-refractivity contribution in [3.63, 3.8) is 0 Å². The summed E-state index contributed by atoms with van der Waals surface area (Å²) in [4.78, 5) is 0. The van der Waals surface area contributed by atoms with Crippen molar-refractivity contribution in [1.82, 2.24) is 5.32 Å². The molecule has 0 bridgehead atoms. The maximum Gasteiger partial charge on any atom is 0.161 e. The second-order valence-electron chi connectivity index (χ2n) is 4.96. The molecule has 1 aromatic carbocycles. The van der Waals surface area contributed by atoms with E-state index >= 15 is 0 Å². The van der Waals surface area contributed by atoms with Crippen molar-refractivity contribution in [2.45, 2.75) is 38.3 Å². The molecule has 1 saturated carbocycles. The van der Waals surface area contributed by atoms with E-state index in [2.05, 4.69) is 18.3 Å². The van der Waals surface area contributed by atoms with Crippen LogP contribution in [0.3, 0.4) is 0 Å². The van der Waals surface area contributed by atoms with Gasteiger partial charge < -0.3 is 14.8 Å². The van der Waals surface area contributed by atoms with Crippen LogP contribution in [0, 0.1) is 0 Å². The normalized spacial score (nSPS) is 17.4. The molecule has 0 spiro atoms. The second kappa shape index (κ2) is 4.96. The summed E-state index contributed by atoms with van der Waals surface area (Å²) < 4.78 is 10.5. The van der Waals surface area contributed by atoms with Gasteiger partial charge in [-0.25, -0.2) is 0 Å². The van der Waals surface area contributed by atoms with Crippen LogP contribution >= 0.6 is 0 Å². The Labute approximate surface area is 103 Å². The van der Waals surface area contributed by atoms with Crippen LogP contribution in [0.5, 0.6) is 11.5 Å². The molecule has 3 heteroatoms. The van der Waals surface area contributed by atoms with Crippen molar-refractivity contribution in [2.24, 2.45) is 0 Å². The van der Waals surface area contributed by atoms with Gasteiger partial charge in [-0.2, -0.15) is 0 Å². The van der Waals surface area contributed by atoms with Crippen molar-refractivity contribution < 1.29 is 9.47 Å². The van der Waals surface area contributed by atoms with Crippen LogP contribution in [0.25, 0.3) is 0 Å². The first-order valence-electron chi connectivity index (χ1n) is 6.13. The average Bonchev–Trinajstić information content (AvgIpc) is 2.33. The lowest BCUT2D eigenvalue weighted by molar-refractivity contribution is 0.206. The lowest BCUT2D eigenvalue weighted by Crippen LogP contribution is -2.47. The van der Waals surface area contributed by atoms with E-state index in [1.165, 1.54) is 24.8 Å². The summed E-state index contributed by atoms with van der Waals surface area (Å²) in [6.45, 7) is 3.17. The number of rotatable bonds is 5. The summed E-state index contributed by atoms with van der Waals surface area (Å²) >= 11 is 0.